The number of fused-ring (bicyclic) bond motifs is 1. The predicted octanol–water partition coefficient (Wildman–Crippen LogP) is 2.39. The van der Waals surface area contributed by atoms with Crippen molar-refractivity contribution in [3.05, 3.63) is 41.9 Å². The fourth-order valence-electron chi connectivity index (χ4n) is 2.24. The molecule has 0 atom stereocenters. The van der Waals surface area contributed by atoms with Crippen molar-refractivity contribution in [3.8, 4) is 6.07 Å². The summed E-state index contributed by atoms with van der Waals surface area (Å²) < 4.78 is 32.2. The molecule has 0 saturated heterocycles. The van der Waals surface area contributed by atoms with Crippen LogP contribution in [0.1, 0.15) is 18.2 Å². The maximum absolute atomic E-state index is 12.5. The van der Waals surface area contributed by atoms with Crippen molar-refractivity contribution in [1.82, 2.24) is 10.1 Å². The number of nitrogens with zero attached hydrogens (tertiary/aromatic N) is 2. The molecule has 0 bridgehead atoms. The molecule has 2 aromatic heterocycles. The van der Waals surface area contributed by atoms with Gasteiger partial charge in [0.05, 0.1) is 16.8 Å². The van der Waals surface area contributed by atoms with E-state index in [0.29, 0.717) is 34.3 Å². The topological polar surface area (TPSA) is 112 Å². The number of nitriles is 1. The van der Waals surface area contributed by atoms with Crippen LogP contribution < -0.4 is 4.72 Å². The van der Waals surface area contributed by atoms with Crippen molar-refractivity contribution in [2.75, 3.05) is 4.72 Å². The zero-order valence-electron chi connectivity index (χ0n) is 11.6. The Bertz CT molecular complexity index is 979. The van der Waals surface area contributed by atoms with Gasteiger partial charge >= 0.3 is 0 Å². The van der Waals surface area contributed by atoms with Crippen molar-refractivity contribution in [2.45, 2.75) is 18.2 Å². The van der Waals surface area contributed by atoms with Gasteiger partial charge in [0.25, 0.3) is 10.0 Å². The van der Waals surface area contributed by atoms with Crippen LogP contribution in [0, 0.1) is 11.3 Å². The Morgan fingerprint density at radius 2 is 2.27 bits per heavy atom. The molecule has 0 fully saturated rings. The van der Waals surface area contributed by atoms with Gasteiger partial charge in [-0.2, -0.15) is 5.26 Å². The SMILES string of the molecule is CCc1nocc1S(=O)(=O)Nc1cccc2c(C#N)c[nH]c12. The lowest BCUT2D eigenvalue weighted by Gasteiger charge is -2.08. The molecule has 2 heterocycles. The quantitative estimate of drug-likeness (QED) is 0.767. The number of benzene rings is 1. The fourth-order valence-corrected chi connectivity index (χ4v) is 3.47. The molecule has 0 saturated carbocycles. The highest BCUT2D eigenvalue weighted by Gasteiger charge is 2.22. The highest BCUT2D eigenvalue weighted by molar-refractivity contribution is 7.92. The zero-order valence-corrected chi connectivity index (χ0v) is 12.4. The monoisotopic (exact) mass is 316 g/mol. The lowest BCUT2D eigenvalue weighted by Crippen LogP contribution is -2.14. The molecule has 8 heteroatoms. The van der Waals surface area contributed by atoms with E-state index in [-0.39, 0.29) is 4.90 Å². The van der Waals surface area contributed by atoms with Gasteiger partial charge in [-0.1, -0.05) is 24.2 Å². The van der Waals surface area contributed by atoms with Crippen LogP contribution in [0.25, 0.3) is 10.9 Å². The van der Waals surface area contributed by atoms with Crippen LogP contribution in [0.15, 0.2) is 40.1 Å². The Morgan fingerprint density at radius 3 is 3.00 bits per heavy atom. The number of hydrogen-bond donors (Lipinski definition) is 2. The van der Waals surface area contributed by atoms with Crippen LogP contribution in [0.3, 0.4) is 0 Å². The average Bonchev–Trinajstić information content (AvgIpc) is 3.14. The van der Waals surface area contributed by atoms with Gasteiger partial charge in [-0.15, -0.1) is 0 Å². The molecule has 0 amide bonds. The van der Waals surface area contributed by atoms with Crippen molar-refractivity contribution in [1.29, 1.82) is 5.26 Å². The Kier molecular flexibility index (Phi) is 3.35. The second-order valence-corrected chi connectivity index (χ2v) is 6.28. The maximum Gasteiger partial charge on any atom is 0.267 e. The minimum Gasteiger partial charge on any atom is -0.363 e. The van der Waals surface area contributed by atoms with Crippen LogP contribution in [0.5, 0.6) is 0 Å². The van der Waals surface area contributed by atoms with Crippen LogP contribution in [0.2, 0.25) is 0 Å². The van der Waals surface area contributed by atoms with E-state index in [1.54, 1.807) is 31.3 Å². The standard InChI is InChI=1S/C14H12N4O3S/c1-2-11-13(8-21-17-11)22(19,20)18-12-5-3-4-10-9(6-15)7-16-14(10)12/h3-5,7-8,16,18H,2H2,1H3. The normalized spacial score (nSPS) is 11.5. The van der Waals surface area contributed by atoms with Crippen molar-refractivity contribution in [2.24, 2.45) is 0 Å². The molecule has 0 aliphatic carbocycles. The molecule has 1 aromatic carbocycles. The predicted molar refractivity (Wildman–Crippen MR) is 79.7 cm³/mol. The highest BCUT2D eigenvalue weighted by Crippen LogP contribution is 2.27. The van der Waals surface area contributed by atoms with Gasteiger partial charge in [-0.3, -0.25) is 4.72 Å². The third-order valence-electron chi connectivity index (χ3n) is 3.31. The van der Waals surface area contributed by atoms with Gasteiger partial charge in [-0.25, -0.2) is 8.42 Å². The molecule has 3 aromatic rings. The summed E-state index contributed by atoms with van der Waals surface area (Å²) in [5, 5.41) is 13.4. The molecule has 0 spiro atoms. The molecule has 0 unspecified atom stereocenters. The van der Waals surface area contributed by atoms with E-state index >= 15 is 0 Å². The Hall–Kier alpha value is -2.79. The van der Waals surface area contributed by atoms with Crippen molar-refractivity contribution in [3.63, 3.8) is 0 Å². The molecule has 2 N–H and O–H groups in total. The van der Waals surface area contributed by atoms with Gasteiger partial charge < -0.3 is 9.51 Å². The number of sulfonamides is 1. The molecule has 22 heavy (non-hydrogen) atoms. The lowest BCUT2D eigenvalue weighted by molar-refractivity contribution is 0.411. The van der Waals surface area contributed by atoms with E-state index in [9.17, 15) is 8.42 Å². The van der Waals surface area contributed by atoms with Gasteiger partial charge in [-0.05, 0) is 12.5 Å². The first kappa shape index (κ1) is 14.2. The third-order valence-corrected chi connectivity index (χ3v) is 4.71. The first-order chi connectivity index (χ1) is 10.6. The van der Waals surface area contributed by atoms with Gasteiger partial charge in [0.2, 0.25) is 0 Å². The molecule has 0 radical (unpaired) electrons. The Balaban J connectivity index is 2.07. The molecule has 0 aliphatic rings. The fraction of sp³-hybridized carbons (Fsp3) is 0.143. The lowest BCUT2D eigenvalue weighted by atomic mass is 10.2. The Labute approximate surface area is 126 Å². The number of H-pyrrole nitrogens is 1. The van der Waals surface area contributed by atoms with Crippen molar-refractivity contribution >= 4 is 26.6 Å². The molecular weight excluding hydrogens is 304 g/mol. The molecule has 3 rings (SSSR count). The average molecular weight is 316 g/mol. The summed E-state index contributed by atoms with van der Waals surface area (Å²) in [6, 6.07) is 7.11. The summed E-state index contributed by atoms with van der Waals surface area (Å²) in [7, 11) is -3.81. The Morgan fingerprint density at radius 1 is 1.45 bits per heavy atom. The minimum atomic E-state index is -3.81. The first-order valence-electron chi connectivity index (χ1n) is 6.53. The van der Waals surface area contributed by atoms with E-state index in [1.807, 2.05) is 0 Å². The largest absolute Gasteiger partial charge is 0.363 e. The number of aryl methyl sites for hydroxylation is 1. The van der Waals surface area contributed by atoms with Crippen molar-refractivity contribution < 1.29 is 12.9 Å². The minimum absolute atomic E-state index is 0.0130. The summed E-state index contributed by atoms with van der Waals surface area (Å²) >= 11 is 0. The number of rotatable bonds is 4. The molecular formula is C14H12N4O3S. The molecule has 112 valence electrons. The number of hydrogen-bond acceptors (Lipinski definition) is 5. The van der Waals surface area contributed by atoms with Crippen LogP contribution in [-0.4, -0.2) is 18.6 Å². The third kappa shape index (κ3) is 2.21. The second kappa shape index (κ2) is 5.20. The number of nitrogens with one attached hydrogen (secondary N) is 2. The summed E-state index contributed by atoms with van der Waals surface area (Å²) in [6.07, 6.45) is 3.09. The number of aromatic amines is 1. The summed E-state index contributed by atoms with van der Waals surface area (Å²) in [5.41, 5.74) is 1.73. The van der Waals surface area contributed by atoms with Crippen LogP contribution in [0.4, 0.5) is 5.69 Å². The number of para-hydroxylation sites is 1. The molecule has 0 aliphatic heterocycles. The van der Waals surface area contributed by atoms with E-state index in [4.69, 9.17) is 9.78 Å². The summed E-state index contributed by atoms with van der Waals surface area (Å²) in [5.74, 6) is 0. The first-order valence-corrected chi connectivity index (χ1v) is 8.01. The van der Waals surface area contributed by atoms with E-state index in [2.05, 4.69) is 20.9 Å². The van der Waals surface area contributed by atoms with Gasteiger partial charge in [0.1, 0.15) is 22.9 Å². The number of aromatic nitrogens is 2. The number of anilines is 1. The van der Waals surface area contributed by atoms with Gasteiger partial charge in [0.15, 0.2) is 0 Å². The van der Waals surface area contributed by atoms with Gasteiger partial charge in [0, 0.05) is 11.6 Å². The van der Waals surface area contributed by atoms with Crippen LogP contribution in [-0.2, 0) is 16.4 Å². The highest BCUT2D eigenvalue weighted by atomic mass is 32.2. The maximum atomic E-state index is 12.5. The molecule has 7 nitrogen and oxygen atoms in total. The summed E-state index contributed by atoms with van der Waals surface area (Å²) in [6.45, 7) is 1.79. The second-order valence-electron chi connectivity index (χ2n) is 4.63. The van der Waals surface area contributed by atoms with E-state index in [1.165, 1.54) is 0 Å². The summed E-state index contributed by atoms with van der Waals surface area (Å²) in [4.78, 5) is 2.93. The van der Waals surface area contributed by atoms with Crippen LogP contribution >= 0.6 is 0 Å². The van der Waals surface area contributed by atoms with E-state index < -0.39 is 10.0 Å². The smallest absolute Gasteiger partial charge is 0.267 e. The van der Waals surface area contributed by atoms with E-state index in [0.717, 1.165) is 6.26 Å². The zero-order chi connectivity index (χ0) is 15.7.